The van der Waals surface area contributed by atoms with Crippen molar-refractivity contribution in [2.75, 3.05) is 0 Å². The molecule has 2 heteroatoms. The van der Waals surface area contributed by atoms with Gasteiger partial charge in [-0.3, -0.25) is 4.79 Å². The molecule has 1 unspecified atom stereocenters. The first-order chi connectivity index (χ1) is 6.20. The quantitative estimate of drug-likeness (QED) is 0.375. The molecule has 0 aliphatic carbocycles. The number of aliphatic hydroxyl groups is 1. The number of unbranched alkanes of at least 4 members (excludes halogenated alkanes) is 2. The second kappa shape index (κ2) is 7.99. The van der Waals surface area contributed by atoms with E-state index < -0.39 is 0 Å². The molecule has 0 saturated heterocycles. The Bertz CT molecular complexity index is 161. The largest absolute Gasteiger partial charge is 0.393 e. The number of carbonyl (C=O) groups excluding carboxylic acids is 1. The lowest BCUT2D eigenvalue weighted by Gasteiger charge is -2.09. The molecule has 0 aromatic rings. The van der Waals surface area contributed by atoms with Crippen LogP contribution in [-0.2, 0) is 4.79 Å². The number of hydrogen-bond donors (Lipinski definition) is 1. The third-order valence-electron chi connectivity index (χ3n) is 2.05. The standard InChI is InChI=1S/C11H20O2/c1-3-4-5-6-11(13)9-10(2)7-8-12/h7-8,11,13H,3-6,9H2,1-2H3. The Labute approximate surface area is 80.7 Å². The van der Waals surface area contributed by atoms with Crippen molar-refractivity contribution in [1.29, 1.82) is 0 Å². The first-order valence-corrected chi connectivity index (χ1v) is 4.99. The number of allylic oxidation sites excluding steroid dienone is 1. The molecule has 0 radical (unpaired) electrons. The van der Waals surface area contributed by atoms with E-state index in [4.69, 9.17) is 0 Å². The van der Waals surface area contributed by atoms with Crippen LogP contribution in [0.15, 0.2) is 11.6 Å². The van der Waals surface area contributed by atoms with Crippen LogP contribution in [0.5, 0.6) is 0 Å². The molecule has 0 spiro atoms. The maximum atomic E-state index is 10.1. The van der Waals surface area contributed by atoms with Gasteiger partial charge in [0.05, 0.1) is 6.10 Å². The maximum Gasteiger partial charge on any atom is 0.142 e. The number of aldehydes is 1. The Balaban J connectivity index is 3.55. The zero-order valence-corrected chi connectivity index (χ0v) is 8.62. The maximum absolute atomic E-state index is 10.1. The second-order valence-corrected chi connectivity index (χ2v) is 3.50. The summed E-state index contributed by atoms with van der Waals surface area (Å²) in [5.74, 6) is 0. The van der Waals surface area contributed by atoms with E-state index in [2.05, 4.69) is 6.92 Å². The zero-order valence-electron chi connectivity index (χ0n) is 8.62. The highest BCUT2D eigenvalue weighted by molar-refractivity contribution is 5.65. The van der Waals surface area contributed by atoms with Gasteiger partial charge < -0.3 is 5.11 Å². The Hall–Kier alpha value is -0.630. The van der Waals surface area contributed by atoms with Crippen molar-refractivity contribution in [3.05, 3.63) is 11.6 Å². The van der Waals surface area contributed by atoms with E-state index in [1.807, 2.05) is 6.92 Å². The summed E-state index contributed by atoms with van der Waals surface area (Å²) in [6.07, 6.45) is 6.91. The van der Waals surface area contributed by atoms with Crippen molar-refractivity contribution in [2.45, 2.75) is 52.1 Å². The van der Waals surface area contributed by atoms with Gasteiger partial charge in [0.2, 0.25) is 0 Å². The molecule has 2 nitrogen and oxygen atoms in total. The van der Waals surface area contributed by atoms with Crippen LogP contribution in [0.3, 0.4) is 0 Å². The molecule has 0 aromatic heterocycles. The number of aliphatic hydroxyl groups excluding tert-OH is 1. The molecule has 13 heavy (non-hydrogen) atoms. The molecule has 0 bridgehead atoms. The van der Waals surface area contributed by atoms with Crippen LogP contribution in [0.4, 0.5) is 0 Å². The van der Waals surface area contributed by atoms with Gasteiger partial charge in [0.1, 0.15) is 6.29 Å². The van der Waals surface area contributed by atoms with E-state index in [0.717, 1.165) is 24.7 Å². The van der Waals surface area contributed by atoms with Crippen LogP contribution in [-0.4, -0.2) is 17.5 Å². The van der Waals surface area contributed by atoms with Gasteiger partial charge in [-0.25, -0.2) is 0 Å². The van der Waals surface area contributed by atoms with Crippen LogP contribution in [0.2, 0.25) is 0 Å². The second-order valence-electron chi connectivity index (χ2n) is 3.50. The smallest absolute Gasteiger partial charge is 0.142 e. The summed E-state index contributed by atoms with van der Waals surface area (Å²) in [7, 11) is 0. The summed E-state index contributed by atoms with van der Waals surface area (Å²) >= 11 is 0. The topological polar surface area (TPSA) is 37.3 Å². The Kier molecular flexibility index (Phi) is 7.60. The minimum atomic E-state index is -0.275. The average molecular weight is 184 g/mol. The van der Waals surface area contributed by atoms with Crippen LogP contribution in [0.25, 0.3) is 0 Å². The molecule has 0 rings (SSSR count). The fourth-order valence-corrected chi connectivity index (χ4v) is 1.29. The summed E-state index contributed by atoms with van der Waals surface area (Å²) in [6, 6.07) is 0. The molecule has 0 aliphatic rings. The van der Waals surface area contributed by atoms with Crippen LogP contribution >= 0.6 is 0 Å². The first-order valence-electron chi connectivity index (χ1n) is 4.99. The fourth-order valence-electron chi connectivity index (χ4n) is 1.29. The molecular weight excluding hydrogens is 164 g/mol. The van der Waals surface area contributed by atoms with E-state index in [1.165, 1.54) is 18.9 Å². The minimum absolute atomic E-state index is 0.275. The van der Waals surface area contributed by atoms with Crippen molar-refractivity contribution >= 4 is 6.29 Å². The number of hydrogen-bond acceptors (Lipinski definition) is 2. The van der Waals surface area contributed by atoms with E-state index in [1.54, 1.807) is 0 Å². The predicted molar refractivity (Wildman–Crippen MR) is 54.6 cm³/mol. The van der Waals surface area contributed by atoms with E-state index in [0.29, 0.717) is 6.42 Å². The molecule has 1 N–H and O–H groups in total. The summed E-state index contributed by atoms with van der Waals surface area (Å²) in [6.45, 7) is 4.02. The van der Waals surface area contributed by atoms with Crippen molar-refractivity contribution in [1.82, 2.24) is 0 Å². The Morgan fingerprint density at radius 3 is 2.69 bits per heavy atom. The molecule has 0 aromatic carbocycles. The summed E-state index contributed by atoms with van der Waals surface area (Å²) < 4.78 is 0. The lowest BCUT2D eigenvalue weighted by Crippen LogP contribution is -2.06. The highest BCUT2D eigenvalue weighted by Crippen LogP contribution is 2.10. The first kappa shape index (κ1) is 12.4. The Morgan fingerprint density at radius 1 is 1.46 bits per heavy atom. The van der Waals surface area contributed by atoms with Crippen LogP contribution in [0.1, 0.15) is 46.0 Å². The SMILES string of the molecule is CCCCCC(O)CC(C)=CC=O. The normalized spacial score (nSPS) is 14.2. The van der Waals surface area contributed by atoms with Gasteiger partial charge in [-0.05, 0) is 25.8 Å². The van der Waals surface area contributed by atoms with Gasteiger partial charge in [0.15, 0.2) is 0 Å². The lowest BCUT2D eigenvalue weighted by molar-refractivity contribution is -0.104. The van der Waals surface area contributed by atoms with E-state index >= 15 is 0 Å². The Morgan fingerprint density at radius 2 is 2.15 bits per heavy atom. The molecule has 0 heterocycles. The fraction of sp³-hybridized carbons (Fsp3) is 0.727. The predicted octanol–water partition coefficient (Wildman–Crippen LogP) is 2.46. The summed E-state index contributed by atoms with van der Waals surface area (Å²) in [5.41, 5.74) is 0.957. The molecule has 76 valence electrons. The van der Waals surface area contributed by atoms with Crippen molar-refractivity contribution in [2.24, 2.45) is 0 Å². The van der Waals surface area contributed by atoms with Gasteiger partial charge in [-0.15, -0.1) is 0 Å². The van der Waals surface area contributed by atoms with Crippen molar-refractivity contribution in [3.63, 3.8) is 0 Å². The summed E-state index contributed by atoms with van der Waals surface area (Å²) in [5, 5.41) is 9.52. The van der Waals surface area contributed by atoms with Crippen LogP contribution < -0.4 is 0 Å². The van der Waals surface area contributed by atoms with Crippen molar-refractivity contribution in [3.8, 4) is 0 Å². The molecular formula is C11H20O2. The van der Waals surface area contributed by atoms with Gasteiger partial charge in [0.25, 0.3) is 0 Å². The molecule has 0 saturated carbocycles. The molecule has 0 aliphatic heterocycles. The number of carbonyl (C=O) groups is 1. The minimum Gasteiger partial charge on any atom is -0.393 e. The van der Waals surface area contributed by atoms with E-state index in [9.17, 15) is 9.90 Å². The zero-order chi connectivity index (χ0) is 10.1. The van der Waals surface area contributed by atoms with E-state index in [-0.39, 0.29) is 6.10 Å². The van der Waals surface area contributed by atoms with Gasteiger partial charge in [-0.1, -0.05) is 31.8 Å². The third-order valence-corrected chi connectivity index (χ3v) is 2.05. The van der Waals surface area contributed by atoms with Gasteiger partial charge in [-0.2, -0.15) is 0 Å². The van der Waals surface area contributed by atoms with Gasteiger partial charge >= 0.3 is 0 Å². The monoisotopic (exact) mass is 184 g/mol. The molecule has 0 amide bonds. The van der Waals surface area contributed by atoms with Gasteiger partial charge in [0, 0.05) is 0 Å². The molecule has 0 fully saturated rings. The number of rotatable bonds is 7. The van der Waals surface area contributed by atoms with Crippen molar-refractivity contribution < 1.29 is 9.90 Å². The molecule has 1 atom stereocenters. The highest BCUT2D eigenvalue weighted by Gasteiger charge is 2.03. The lowest BCUT2D eigenvalue weighted by atomic mass is 10.0. The third kappa shape index (κ3) is 7.72. The van der Waals surface area contributed by atoms with Crippen LogP contribution in [0, 0.1) is 0 Å². The summed E-state index contributed by atoms with van der Waals surface area (Å²) in [4.78, 5) is 10.1. The average Bonchev–Trinajstić information content (AvgIpc) is 2.05. The highest BCUT2D eigenvalue weighted by atomic mass is 16.3.